The molecule has 8 heteroatoms. The number of benzene rings is 1. The predicted octanol–water partition coefficient (Wildman–Crippen LogP) is 1.65. The highest BCUT2D eigenvalue weighted by molar-refractivity contribution is 7.89. The van der Waals surface area contributed by atoms with E-state index < -0.39 is 14.9 Å². The van der Waals surface area contributed by atoms with Crippen LogP contribution < -0.4 is 0 Å². The fourth-order valence-electron chi connectivity index (χ4n) is 2.51. The lowest BCUT2D eigenvalue weighted by molar-refractivity contribution is -0.385. The molecule has 124 valence electrons. The van der Waals surface area contributed by atoms with Crippen LogP contribution in [0.4, 0.5) is 5.69 Å². The fraction of sp³-hybridized carbons (Fsp3) is 0.467. The van der Waals surface area contributed by atoms with Gasteiger partial charge in [-0.3, -0.25) is 10.1 Å². The van der Waals surface area contributed by atoms with Crippen molar-refractivity contribution in [2.24, 2.45) is 5.92 Å². The first-order valence-electron chi connectivity index (χ1n) is 7.21. The minimum atomic E-state index is -3.71. The Balaban J connectivity index is 2.03. The number of piperidine rings is 1. The summed E-state index contributed by atoms with van der Waals surface area (Å²) in [5.41, 5.74) is -0.233. The first kappa shape index (κ1) is 17.4. The maximum Gasteiger partial charge on any atom is 0.270 e. The highest BCUT2D eigenvalue weighted by atomic mass is 32.2. The molecule has 1 aliphatic rings. The largest absolute Gasteiger partial charge is 0.369 e. The van der Waals surface area contributed by atoms with E-state index in [-0.39, 0.29) is 23.1 Å². The van der Waals surface area contributed by atoms with E-state index in [0.717, 1.165) is 6.07 Å². The topological polar surface area (TPSA) is 89.8 Å². The number of hydrogen-bond acceptors (Lipinski definition) is 5. The van der Waals surface area contributed by atoms with Crippen molar-refractivity contribution >= 4 is 15.7 Å². The Bertz CT molecular complexity index is 703. The zero-order chi connectivity index (χ0) is 16.9. The van der Waals surface area contributed by atoms with E-state index in [1.165, 1.54) is 22.5 Å². The SMILES string of the molecule is C#CCOCC1CCN(S(=O)(=O)c2cccc([N+](=O)[O-])c2)CC1. The van der Waals surface area contributed by atoms with Gasteiger partial charge in [0.15, 0.2) is 0 Å². The average molecular weight is 338 g/mol. The third kappa shape index (κ3) is 4.28. The summed E-state index contributed by atoms with van der Waals surface area (Å²) in [6, 6.07) is 5.13. The van der Waals surface area contributed by atoms with Crippen LogP contribution in [0.1, 0.15) is 12.8 Å². The van der Waals surface area contributed by atoms with Crippen molar-refractivity contribution in [1.82, 2.24) is 4.31 Å². The predicted molar refractivity (Wildman–Crippen MR) is 84.2 cm³/mol. The Morgan fingerprint density at radius 2 is 2.09 bits per heavy atom. The van der Waals surface area contributed by atoms with Crippen LogP contribution in [0.3, 0.4) is 0 Å². The molecule has 1 aromatic rings. The van der Waals surface area contributed by atoms with E-state index >= 15 is 0 Å². The molecule has 1 aromatic carbocycles. The van der Waals surface area contributed by atoms with Gasteiger partial charge < -0.3 is 4.74 Å². The van der Waals surface area contributed by atoms with Crippen LogP contribution in [0.15, 0.2) is 29.2 Å². The van der Waals surface area contributed by atoms with Gasteiger partial charge in [0, 0.05) is 25.2 Å². The molecule has 1 saturated heterocycles. The lowest BCUT2D eigenvalue weighted by Crippen LogP contribution is -2.39. The first-order valence-corrected chi connectivity index (χ1v) is 8.65. The maximum absolute atomic E-state index is 12.6. The Hall–Kier alpha value is -1.95. The second-order valence-corrected chi connectivity index (χ2v) is 7.26. The maximum atomic E-state index is 12.6. The Labute approximate surface area is 135 Å². The number of ether oxygens (including phenoxy) is 1. The second-order valence-electron chi connectivity index (χ2n) is 5.32. The molecule has 23 heavy (non-hydrogen) atoms. The number of nitro benzene ring substituents is 1. The van der Waals surface area contributed by atoms with Crippen molar-refractivity contribution in [3.05, 3.63) is 34.4 Å². The summed E-state index contributed by atoms with van der Waals surface area (Å²) < 4.78 is 31.8. The summed E-state index contributed by atoms with van der Waals surface area (Å²) in [7, 11) is -3.71. The average Bonchev–Trinajstić information content (AvgIpc) is 2.55. The number of hydrogen-bond donors (Lipinski definition) is 0. The van der Waals surface area contributed by atoms with Gasteiger partial charge in [0.25, 0.3) is 5.69 Å². The van der Waals surface area contributed by atoms with Crippen LogP contribution in [-0.2, 0) is 14.8 Å². The van der Waals surface area contributed by atoms with E-state index in [9.17, 15) is 18.5 Å². The van der Waals surface area contributed by atoms with Gasteiger partial charge >= 0.3 is 0 Å². The van der Waals surface area contributed by atoms with E-state index in [2.05, 4.69) is 5.92 Å². The normalized spacial score (nSPS) is 16.8. The summed E-state index contributed by atoms with van der Waals surface area (Å²) in [5.74, 6) is 2.67. The minimum absolute atomic E-state index is 0.0475. The number of rotatable bonds is 6. The number of nitrogens with zero attached hydrogens (tertiary/aromatic N) is 2. The number of sulfonamides is 1. The van der Waals surface area contributed by atoms with Crippen molar-refractivity contribution in [2.45, 2.75) is 17.7 Å². The molecule has 1 aliphatic heterocycles. The van der Waals surface area contributed by atoms with Crippen molar-refractivity contribution in [3.63, 3.8) is 0 Å². The molecular weight excluding hydrogens is 320 g/mol. The summed E-state index contributed by atoms with van der Waals surface area (Å²) in [5, 5.41) is 10.8. The van der Waals surface area contributed by atoms with Crippen molar-refractivity contribution in [1.29, 1.82) is 0 Å². The molecule has 0 aliphatic carbocycles. The molecule has 1 heterocycles. The van der Waals surface area contributed by atoms with Crippen LogP contribution in [0.2, 0.25) is 0 Å². The van der Waals surface area contributed by atoms with Crippen molar-refractivity contribution < 1.29 is 18.1 Å². The van der Waals surface area contributed by atoms with Gasteiger partial charge in [0.05, 0.1) is 16.4 Å². The molecular formula is C15H18N2O5S. The summed E-state index contributed by atoms with van der Waals surface area (Å²) in [6.45, 7) is 1.52. The lowest BCUT2D eigenvalue weighted by atomic mass is 9.99. The minimum Gasteiger partial charge on any atom is -0.369 e. The van der Waals surface area contributed by atoms with Crippen LogP contribution in [-0.4, -0.2) is 43.9 Å². The molecule has 0 amide bonds. The molecule has 1 fully saturated rings. The van der Waals surface area contributed by atoms with Gasteiger partial charge in [-0.15, -0.1) is 6.42 Å². The molecule has 0 saturated carbocycles. The van der Waals surface area contributed by atoms with Crippen molar-refractivity contribution in [3.8, 4) is 12.3 Å². The zero-order valence-electron chi connectivity index (χ0n) is 12.6. The van der Waals surface area contributed by atoms with E-state index in [1.807, 2.05) is 0 Å². The molecule has 7 nitrogen and oxygen atoms in total. The standard InChI is InChI=1S/C15H18N2O5S/c1-2-10-22-12-13-6-8-16(9-7-13)23(20,21)15-5-3-4-14(11-15)17(18)19/h1,3-5,11,13H,6-10,12H2. The van der Waals surface area contributed by atoms with Crippen LogP contribution in [0.5, 0.6) is 0 Å². The van der Waals surface area contributed by atoms with Gasteiger partial charge in [0.2, 0.25) is 10.0 Å². The third-order valence-corrected chi connectivity index (χ3v) is 5.67. The molecule has 0 aromatic heterocycles. The number of nitro groups is 1. The Kier molecular flexibility index (Phi) is 5.71. The monoisotopic (exact) mass is 338 g/mol. The molecule has 0 bridgehead atoms. The molecule has 0 unspecified atom stereocenters. The van der Waals surface area contributed by atoms with E-state index in [1.54, 1.807) is 0 Å². The number of non-ortho nitro benzene ring substituents is 1. The van der Waals surface area contributed by atoms with Crippen LogP contribution >= 0.6 is 0 Å². The first-order chi connectivity index (χ1) is 10.9. The summed E-state index contributed by atoms with van der Waals surface area (Å²) in [6.07, 6.45) is 6.47. The third-order valence-electron chi connectivity index (χ3n) is 3.78. The van der Waals surface area contributed by atoms with Gasteiger partial charge in [0.1, 0.15) is 6.61 Å². The number of terminal acetylenes is 1. The Morgan fingerprint density at radius 1 is 1.39 bits per heavy atom. The van der Waals surface area contributed by atoms with Gasteiger partial charge in [-0.05, 0) is 24.8 Å². The van der Waals surface area contributed by atoms with Gasteiger partial charge in [-0.1, -0.05) is 12.0 Å². The molecule has 0 atom stereocenters. The highest BCUT2D eigenvalue weighted by Gasteiger charge is 2.30. The van der Waals surface area contributed by atoms with Crippen molar-refractivity contribution in [2.75, 3.05) is 26.3 Å². The summed E-state index contributed by atoms with van der Waals surface area (Å²) >= 11 is 0. The Morgan fingerprint density at radius 3 is 2.70 bits per heavy atom. The van der Waals surface area contributed by atoms with Gasteiger partial charge in [-0.25, -0.2) is 8.42 Å². The second kappa shape index (κ2) is 7.55. The van der Waals surface area contributed by atoms with E-state index in [0.29, 0.717) is 32.5 Å². The highest BCUT2D eigenvalue weighted by Crippen LogP contribution is 2.25. The fourth-order valence-corrected chi connectivity index (χ4v) is 4.02. The zero-order valence-corrected chi connectivity index (χ0v) is 13.4. The van der Waals surface area contributed by atoms with E-state index in [4.69, 9.17) is 11.2 Å². The molecule has 0 N–H and O–H groups in total. The van der Waals surface area contributed by atoms with Crippen LogP contribution in [0.25, 0.3) is 0 Å². The van der Waals surface area contributed by atoms with Crippen LogP contribution in [0, 0.1) is 28.4 Å². The molecule has 0 spiro atoms. The van der Waals surface area contributed by atoms with Gasteiger partial charge in [-0.2, -0.15) is 4.31 Å². The molecule has 0 radical (unpaired) electrons. The molecule has 2 rings (SSSR count). The summed E-state index contributed by atoms with van der Waals surface area (Å²) in [4.78, 5) is 10.1. The quantitative estimate of drug-likeness (QED) is 0.340. The lowest BCUT2D eigenvalue weighted by Gasteiger charge is -2.30. The smallest absolute Gasteiger partial charge is 0.270 e.